The van der Waals surface area contributed by atoms with E-state index in [1.54, 1.807) is 4.90 Å². The molecule has 0 rings (SSSR count). The maximum absolute atomic E-state index is 11.1. The van der Waals surface area contributed by atoms with Crippen LogP contribution in [0.4, 0.5) is 4.79 Å². The largest absolute Gasteiger partial charge is 0.325 e. The third kappa shape index (κ3) is 3.75. The van der Waals surface area contributed by atoms with Crippen molar-refractivity contribution in [3.05, 3.63) is 12.3 Å². The van der Waals surface area contributed by atoms with E-state index >= 15 is 0 Å². The lowest BCUT2D eigenvalue weighted by Crippen LogP contribution is -2.37. The van der Waals surface area contributed by atoms with Gasteiger partial charge in [-0.1, -0.05) is 0 Å². The minimum absolute atomic E-state index is 0.182. The molecule has 0 spiro atoms. The number of aldehydes is 1. The molecule has 4 nitrogen and oxygen atoms in total. The topological polar surface area (TPSA) is 49.4 Å². The van der Waals surface area contributed by atoms with Crippen molar-refractivity contribution in [2.75, 3.05) is 13.1 Å². The molecule has 0 aliphatic carbocycles. The van der Waals surface area contributed by atoms with Crippen LogP contribution in [0, 0.1) is 0 Å². The molecule has 0 aromatic carbocycles. The van der Waals surface area contributed by atoms with Gasteiger partial charge in [-0.15, -0.1) is 0 Å². The zero-order valence-corrected chi connectivity index (χ0v) is 7.41. The number of amides is 2. The molecule has 0 aromatic heterocycles. The Morgan fingerprint density at radius 2 is 2.00 bits per heavy atom. The van der Waals surface area contributed by atoms with Crippen LogP contribution < -0.4 is 5.32 Å². The first kappa shape index (κ1) is 10.7. The lowest BCUT2D eigenvalue weighted by Gasteiger charge is -2.17. The van der Waals surface area contributed by atoms with Gasteiger partial charge in [0, 0.05) is 19.3 Å². The fraction of sp³-hybridized carbons (Fsp3) is 0.500. The molecule has 0 fully saturated rings. The zero-order chi connectivity index (χ0) is 9.40. The minimum Gasteiger partial charge on any atom is -0.325 e. The van der Waals surface area contributed by atoms with Crippen LogP contribution in [-0.4, -0.2) is 30.3 Å². The molecule has 0 saturated heterocycles. The molecule has 0 heterocycles. The molecule has 0 saturated carbocycles. The van der Waals surface area contributed by atoms with Crippen LogP contribution in [0.25, 0.3) is 0 Å². The molecule has 0 aromatic rings. The number of hydrogen-bond acceptors (Lipinski definition) is 2. The second-order valence-electron chi connectivity index (χ2n) is 2.12. The summed E-state index contributed by atoms with van der Waals surface area (Å²) < 4.78 is 0. The molecule has 4 heteroatoms. The minimum atomic E-state index is -0.182. The van der Waals surface area contributed by atoms with Crippen molar-refractivity contribution in [3.63, 3.8) is 0 Å². The molecular formula is C8H14N2O2. The highest BCUT2D eigenvalue weighted by Gasteiger charge is 2.05. The number of hydrogen-bond donors (Lipinski definition) is 1. The SMILES string of the molecule is CCN(CC)C(=O)N/C=C/C=O. The lowest BCUT2D eigenvalue weighted by molar-refractivity contribution is -0.104. The summed E-state index contributed by atoms with van der Waals surface area (Å²) in [5.74, 6) is 0. The summed E-state index contributed by atoms with van der Waals surface area (Å²) in [5, 5.41) is 2.46. The molecule has 0 bridgehead atoms. The number of urea groups is 1. The summed E-state index contributed by atoms with van der Waals surface area (Å²) in [7, 11) is 0. The van der Waals surface area contributed by atoms with Crippen LogP contribution in [0.2, 0.25) is 0 Å². The molecule has 0 aliphatic heterocycles. The Kier molecular flexibility index (Phi) is 5.69. The third-order valence-electron chi connectivity index (χ3n) is 1.43. The average Bonchev–Trinajstić information content (AvgIpc) is 2.07. The van der Waals surface area contributed by atoms with Gasteiger partial charge in [0.15, 0.2) is 0 Å². The first-order valence-electron chi connectivity index (χ1n) is 3.92. The number of rotatable bonds is 4. The highest BCUT2D eigenvalue weighted by atomic mass is 16.2. The summed E-state index contributed by atoms with van der Waals surface area (Å²) in [5.41, 5.74) is 0. The van der Waals surface area contributed by atoms with Crippen LogP contribution in [0.5, 0.6) is 0 Å². The Hall–Kier alpha value is -1.32. The van der Waals surface area contributed by atoms with Crippen molar-refractivity contribution in [2.24, 2.45) is 0 Å². The van der Waals surface area contributed by atoms with Crippen molar-refractivity contribution in [1.82, 2.24) is 10.2 Å². The van der Waals surface area contributed by atoms with Gasteiger partial charge >= 0.3 is 6.03 Å². The van der Waals surface area contributed by atoms with E-state index in [1.165, 1.54) is 12.3 Å². The molecule has 12 heavy (non-hydrogen) atoms. The second kappa shape index (κ2) is 6.39. The molecule has 0 unspecified atom stereocenters. The van der Waals surface area contributed by atoms with Gasteiger partial charge in [0.1, 0.15) is 6.29 Å². The van der Waals surface area contributed by atoms with E-state index in [9.17, 15) is 9.59 Å². The van der Waals surface area contributed by atoms with Gasteiger partial charge in [0.05, 0.1) is 0 Å². The van der Waals surface area contributed by atoms with E-state index in [4.69, 9.17) is 0 Å². The van der Waals surface area contributed by atoms with Crippen molar-refractivity contribution < 1.29 is 9.59 Å². The molecule has 1 N–H and O–H groups in total. The number of nitrogens with zero attached hydrogens (tertiary/aromatic N) is 1. The Balaban J connectivity index is 3.84. The van der Waals surface area contributed by atoms with E-state index in [0.29, 0.717) is 19.4 Å². The van der Waals surface area contributed by atoms with E-state index in [2.05, 4.69) is 5.32 Å². The Morgan fingerprint density at radius 3 is 2.42 bits per heavy atom. The third-order valence-corrected chi connectivity index (χ3v) is 1.43. The highest BCUT2D eigenvalue weighted by Crippen LogP contribution is 1.86. The number of nitrogens with one attached hydrogen (secondary N) is 1. The second-order valence-corrected chi connectivity index (χ2v) is 2.12. The van der Waals surface area contributed by atoms with Crippen LogP contribution in [-0.2, 0) is 4.79 Å². The van der Waals surface area contributed by atoms with E-state index < -0.39 is 0 Å². The Labute approximate surface area is 72.2 Å². The van der Waals surface area contributed by atoms with E-state index in [0.717, 1.165) is 0 Å². The predicted molar refractivity (Wildman–Crippen MR) is 46.7 cm³/mol. The maximum Gasteiger partial charge on any atom is 0.321 e. The first-order valence-corrected chi connectivity index (χ1v) is 3.92. The fourth-order valence-corrected chi connectivity index (χ4v) is 0.761. The van der Waals surface area contributed by atoms with Gasteiger partial charge in [0.2, 0.25) is 0 Å². The first-order chi connectivity index (χ1) is 5.76. The Morgan fingerprint density at radius 1 is 1.42 bits per heavy atom. The molecule has 0 atom stereocenters. The quantitative estimate of drug-likeness (QED) is 0.500. The fourth-order valence-electron chi connectivity index (χ4n) is 0.761. The van der Waals surface area contributed by atoms with Crippen molar-refractivity contribution in [3.8, 4) is 0 Å². The van der Waals surface area contributed by atoms with Gasteiger partial charge in [-0.05, 0) is 19.9 Å². The molecule has 68 valence electrons. The van der Waals surface area contributed by atoms with E-state index in [-0.39, 0.29) is 6.03 Å². The summed E-state index contributed by atoms with van der Waals surface area (Å²) in [6, 6.07) is -0.182. The van der Waals surface area contributed by atoms with E-state index in [1.807, 2.05) is 13.8 Å². The number of carbonyl (C=O) groups excluding carboxylic acids is 2. The summed E-state index contributed by atoms with van der Waals surface area (Å²) in [6.07, 6.45) is 3.18. The van der Waals surface area contributed by atoms with Gasteiger partial charge in [-0.2, -0.15) is 0 Å². The lowest BCUT2D eigenvalue weighted by atomic mass is 10.5. The van der Waals surface area contributed by atoms with Crippen LogP contribution in [0.15, 0.2) is 12.3 Å². The Bertz CT molecular complexity index is 174. The summed E-state index contributed by atoms with van der Waals surface area (Å²) in [6.45, 7) is 5.12. The molecule has 0 aliphatic rings. The van der Waals surface area contributed by atoms with Crippen LogP contribution in [0.3, 0.4) is 0 Å². The van der Waals surface area contributed by atoms with Crippen molar-refractivity contribution in [1.29, 1.82) is 0 Å². The van der Waals surface area contributed by atoms with Crippen molar-refractivity contribution >= 4 is 12.3 Å². The van der Waals surface area contributed by atoms with Gasteiger partial charge in [-0.25, -0.2) is 4.79 Å². The summed E-state index contributed by atoms with van der Waals surface area (Å²) >= 11 is 0. The standard InChI is InChI=1S/C8H14N2O2/c1-3-10(4-2)8(12)9-6-5-7-11/h5-7H,3-4H2,1-2H3,(H,9,12)/b6-5+. The van der Waals surface area contributed by atoms with Gasteiger partial charge in [-0.3, -0.25) is 4.79 Å². The molecular weight excluding hydrogens is 156 g/mol. The number of allylic oxidation sites excluding steroid dienone is 1. The zero-order valence-electron chi connectivity index (χ0n) is 7.41. The highest BCUT2D eigenvalue weighted by molar-refractivity contribution is 5.76. The smallest absolute Gasteiger partial charge is 0.321 e. The normalized spacial score (nSPS) is 9.83. The van der Waals surface area contributed by atoms with Crippen molar-refractivity contribution in [2.45, 2.75) is 13.8 Å². The number of carbonyl (C=O) groups is 2. The maximum atomic E-state index is 11.1. The monoisotopic (exact) mass is 170 g/mol. The summed E-state index contributed by atoms with van der Waals surface area (Å²) in [4.78, 5) is 22.6. The predicted octanol–water partition coefficient (Wildman–Crippen LogP) is 0.750. The molecule has 2 amide bonds. The molecule has 0 radical (unpaired) electrons. The van der Waals surface area contributed by atoms with Gasteiger partial charge in [0.25, 0.3) is 0 Å². The average molecular weight is 170 g/mol. The van der Waals surface area contributed by atoms with Gasteiger partial charge < -0.3 is 10.2 Å². The van der Waals surface area contributed by atoms with Crippen LogP contribution >= 0.6 is 0 Å². The van der Waals surface area contributed by atoms with Crippen LogP contribution in [0.1, 0.15) is 13.8 Å².